The molecule has 4 rings (SSSR count). The van der Waals surface area contributed by atoms with Crippen LogP contribution in [-0.4, -0.2) is 42.8 Å². The maximum atomic E-state index is 13.4. The molecule has 8 nitrogen and oxygen atoms in total. The van der Waals surface area contributed by atoms with E-state index in [1.54, 1.807) is 23.1 Å². The molecule has 0 radical (unpaired) electrons. The number of rotatable bonds is 7. The molecular formula is C24H24N6O2. The Hall–Kier alpha value is -3.91. The summed E-state index contributed by atoms with van der Waals surface area (Å²) in [5.41, 5.74) is 4.54. The number of aromatic nitrogens is 5. The largest absolute Gasteiger partial charge is 0.394 e. The number of carbonyl (C=O) groups excluding carboxylic acids is 1. The molecule has 0 fully saturated rings. The number of nitrogens with zero attached hydrogens (tertiary/aromatic N) is 5. The van der Waals surface area contributed by atoms with Crippen LogP contribution < -0.4 is 5.32 Å². The van der Waals surface area contributed by atoms with Crippen molar-refractivity contribution in [3.63, 3.8) is 0 Å². The van der Waals surface area contributed by atoms with Crippen LogP contribution in [-0.2, 0) is 6.42 Å². The van der Waals surface area contributed by atoms with Gasteiger partial charge in [0.2, 0.25) is 0 Å². The van der Waals surface area contributed by atoms with Gasteiger partial charge in [0.05, 0.1) is 18.3 Å². The van der Waals surface area contributed by atoms with E-state index < -0.39 is 6.04 Å². The van der Waals surface area contributed by atoms with Gasteiger partial charge in [-0.3, -0.25) is 9.78 Å². The lowest BCUT2D eigenvalue weighted by molar-refractivity contribution is 0.0915. The molecular weight excluding hydrogens is 404 g/mol. The third-order valence-electron chi connectivity index (χ3n) is 5.39. The van der Waals surface area contributed by atoms with Crippen LogP contribution in [0.1, 0.15) is 40.3 Å². The predicted octanol–water partition coefficient (Wildman–Crippen LogP) is 3.06. The van der Waals surface area contributed by atoms with Crippen molar-refractivity contribution in [1.29, 1.82) is 0 Å². The molecule has 2 aromatic heterocycles. The van der Waals surface area contributed by atoms with Gasteiger partial charge in [-0.2, -0.15) is 4.68 Å². The van der Waals surface area contributed by atoms with Gasteiger partial charge in [0.25, 0.3) is 5.91 Å². The maximum absolute atomic E-state index is 13.4. The van der Waals surface area contributed by atoms with Crippen molar-refractivity contribution in [2.75, 3.05) is 6.61 Å². The van der Waals surface area contributed by atoms with Crippen LogP contribution in [0.4, 0.5) is 0 Å². The molecule has 2 aromatic carbocycles. The van der Waals surface area contributed by atoms with Crippen molar-refractivity contribution < 1.29 is 9.90 Å². The summed E-state index contributed by atoms with van der Waals surface area (Å²) in [4.78, 5) is 17.4. The van der Waals surface area contributed by atoms with Crippen LogP contribution in [0.25, 0.3) is 16.8 Å². The average molecular weight is 428 g/mol. The predicted molar refractivity (Wildman–Crippen MR) is 120 cm³/mol. The Morgan fingerprint density at radius 2 is 1.94 bits per heavy atom. The summed E-state index contributed by atoms with van der Waals surface area (Å²) in [6.07, 6.45) is 3.93. The first kappa shape index (κ1) is 21.3. The lowest BCUT2D eigenvalue weighted by atomic mass is 9.97. The second kappa shape index (κ2) is 9.49. The number of aliphatic hydroxyl groups is 1. The maximum Gasteiger partial charge on any atom is 0.252 e. The van der Waals surface area contributed by atoms with E-state index in [0.29, 0.717) is 17.8 Å². The number of carbonyl (C=O) groups is 1. The van der Waals surface area contributed by atoms with Crippen molar-refractivity contribution in [2.24, 2.45) is 0 Å². The van der Waals surface area contributed by atoms with E-state index in [4.69, 9.17) is 0 Å². The number of nitrogens with one attached hydrogen (secondary N) is 1. The molecule has 0 spiro atoms. The molecule has 1 atom stereocenters. The zero-order valence-electron chi connectivity index (χ0n) is 17.9. The fourth-order valence-electron chi connectivity index (χ4n) is 3.62. The summed E-state index contributed by atoms with van der Waals surface area (Å²) in [7, 11) is 0. The molecule has 4 aromatic rings. The quantitative estimate of drug-likeness (QED) is 0.469. The van der Waals surface area contributed by atoms with Crippen molar-refractivity contribution >= 4 is 5.91 Å². The van der Waals surface area contributed by atoms with Crippen molar-refractivity contribution in [1.82, 2.24) is 30.5 Å². The molecule has 0 aliphatic rings. The van der Waals surface area contributed by atoms with Crippen molar-refractivity contribution in [2.45, 2.75) is 26.3 Å². The third-order valence-corrected chi connectivity index (χ3v) is 5.39. The van der Waals surface area contributed by atoms with Crippen LogP contribution >= 0.6 is 0 Å². The minimum atomic E-state index is -0.571. The number of hydrogen-bond donors (Lipinski definition) is 2. The van der Waals surface area contributed by atoms with E-state index >= 15 is 0 Å². The second-order valence-corrected chi connectivity index (χ2v) is 7.39. The molecule has 1 unspecified atom stereocenters. The summed E-state index contributed by atoms with van der Waals surface area (Å²) >= 11 is 0. The van der Waals surface area contributed by atoms with Gasteiger partial charge < -0.3 is 10.4 Å². The van der Waals surface area contributed by atoms with Crippen LogP contribution in [0.3, 0.4) is 0 Å². The highest BCUT2D eigenvalue weighted by Gasteiger charge is 2.21. The molecule has 0 bridgehead atoms. The first-order chi connectivity index (χ1) is 15.6. The van der Waals surface area contributed by atoms with Crippen LogP contribution in [0, 0.1) is 6.92 Å². The summed E-state index contributed by atoms with van der Waals surface area (Å²) in [5, 5.41) is 24.9. The Morgan fingerprint density at radius 1 is 1.12 bits per heavy atom. The molecule has 1 amide bonds. The minimum absolute atomic E-state index is 0.241. The summed E-state index contributed by atoms with van der Waals surface area (Å²) in [6.45, 7) is 3.61. The van der Waals surface area contributed by atoms with E-state index in [9.17, 15) is 9.90 Å². The van der Waals surface area contributed by atoms with E-state index in [0.717, 1.165) is 27.9 Å². The first-order valence-electron chi connectivity index (χ1n) is 10.4. The number of amides is 1. The Morgan fingerprint density at radius 3 is 2.62 bits per heavy atom. The average Bonchev–Trinajstić information content (AvgIpc) is 3.32. The Kier molecular flexibility index (Phi) is 6.32. The summed E-state index contributed by atoms with van der Waals surface area (Å²) < 4.78 is 1.67. The van der Waals surface area contributed by atoms with Gasteiger partial charge in [0.15, 0.2) is 5.82 Å². The molecule has 0 aliphatic heterocycles. The zero-order chi connectivity index (χ0) is 22.5. The zero-order valence-corrected chi connectivity index (χ0v) is 17.9. The fraction of sp³-hybridized carbons (Fsp3) is 0.208. The van der Waals surface area contributed by atoms with E-state index in [1.807, 2.05) is 62.4 Å². The standard InChI is InChI=1S/C24H24N6O2/c1-3-23-27-28-29-30(23)22-13-19(17-8-5-4-6-9-17)12-20(16(22)2)24(32)26-21(15-31)18-10-7-11-25-14-18/h4-14,21,31H,3,15H2,1-2H3,(H,26,32). The molecule has 0 aliphatic carbocycles. The Balaban J connectivity index is 1.80. The van der Waals surface area contributed by atoms with Crippen LogP contribution in [0.2, 0.25) is 0 Å². The monoisotopic (exact) mass is 428 g/mol. The van der Waals surface area contributed by atoms with Crippen LogP contribution in [0.15, 0.2) is 67.0 Å². The molecule has 32 heavy (non-hydrogen) atoms. The van der Waals surface area contributed by atoms with Gasteiger partial charge in [-0.15, -0.1) is 5.10 Å². The second-order valence-electron chi connectivity index (χ2n) is 7.39. The van der Waals surface area contributed by atoms with Gasteiger partial charge in [-0.25, -0.2) is 0 Å². The number of aliphatic hydroxyl groups excluding tert-OH is 1. The number of benzene rings is 2. The molecule has 162 valence electrons. The topological polar surface area (TPSA) is 106 Å². The number of hydrogen-bond acceptors (Lipinski definition) is 6. The summed E-state index contributed by atoms with van der Waals surface area (Å²) in [5.74, 6) is 0.406. The van der Waals surface area contributed by atoms with Crippen molar-refractivity contribution in [3.05, 3.63) is 89.5 Å². The number of aryl methyl sites for hydroxylation is 1. The molecule has 2 heterocycles. The van der Waals surface area contributed by atoms with Gasteiger partial charge >= 0.3 is 0 Å². The lowest BCUT2D eigenvalue weighted by Gasteiger charge is -2.19. The number of pyridine rings is 1. The highest BCUT2D eigenvalue weighted by Crippen LogP contribution is 2.28. The molecule has 8 heteroatoms. The highest BCUT2D eigenvalue weighted by atomic mass is 16.3. The van der Waals surface area contributed by atoms with Crippen molar-refractivity contribution in [3.8, 4) is 16.8 Å². The van der Waals surface area contributed by atoms with Gasteiger partial charge in [-0.1, -0.05) is 43.3 Å². The van der Waals surface area contributed by atoms with E-state index in [2.05, 4.69) is 25.8 Å². The normalized spacial score (nSPS) is 11.8. The molecule has 0 saturated carbocycles. The smallest absolute Gasteiger partial charge is 0.252 e. The molecule has 0 saturated heterocycles. The summed E-state index contributed by atoms with van der Waals surface area (Å²) in [6, 6.07) is 16.7. The lowest BCUT2D eigenvalue weighted by Crippen LogP contribution is -2.31. The van der Waals surface area contributed by atoms with Gasteiger partial charge in [0, 0.05) is 24.4 Å². The van der Waals surface area contributed by atoms with Gasteiger partial charge in [-0.05, 0) is 57.8 Å². The SMILES string of the molecule is CCc1nnnn1-c1cc(-c2ccccc2)cc(C(=O)NC(CO)c2cccnc2)c1C. The van der Waals surface area contributed by atoms with E-state index in [-0.39, 0.29) is 12.5 Å². The highest BCUT2D eigenvalue weighted by molar-refractivity contribution is 5.98. The Bertz CT molecular complexity index is 1210. The first-order valence-corrected chi connectivity index (χ1v) is 10.4. The number of tetrazole rings is 1. The third kappa shape index (κ3) is 4.26. The molecule has 2 N–H and O–H groups in total. The Labute approximate surface area is 186 Å². The van der Waals surface area contributed by atoms with Gasteiger partial charge in [0.1, 0.15) is 0 Å². The van der Waals surface area contributed by atoms with Crippen LogP contribution in [0.5, 0.6) is 0 Å². The van der Waals surface area contributed by atoms with E-state index in [1.165, 1.54) is 0 Å². The fourth-order valence-corrected chi connectivity index (χ4v) is 3.62. The minimum Gasteiger partial charge on any atom is -0.394 e.